The molecule has 1 rings (SSSR count). The van der Waals surface area contributed by atoms with Crippen LogP contribution < -0.4 is 9.46 Å². The molecule has 136 valence electrons. The minimum atomic E-state index is -5.18. The molecule has 0 unspecified atom stereocenters. The molecule has 0 heterocycles. The van der Waals surface area contributed by atoms with Gasteiger partial charge in [-0.3, -0.25) is 4.79 Å². The second-order valence-corrected chi connectivity index (χ2v) is 7.15. The molecule has 2 N–H and O–H groups in total. The lowest BCUT2D eigenvalue weighted by atomic mass is 10.0. The summed E-state index contributed by atoms with van der Waals surface area (Å²) in [5.41, 5.74) is -1.26. The standard InChI is InChI=1S/C13H15F4NO5S/c1-12(2,7-6-10(19)20)18-24(21,22)9-5-3-4-8(11(9)14)23-13(15,16)17/h3-5,18H,6-7H2,1-2H3,(H,19,20). The van der Waals surface area contributed by atoms with E-state index in [-0.39, 0.29) is 12.8 Å². The van der Waals surface area contributed by atoms with Gasteiger partial charge >= 0.3 is 12.3 Å². The van der Waals surface area contributed by atoms with Crippen molar-refractivity contribution in [1.82, 2.24) is 4.72 Å². The molecule has 0 aliphatic rings. The summed E-state index contributed by atoms with van der Waals surface area (Å²) in [6.45, 7) is 2.73. The molecule has 1 aromatic carbocycles. The van der Waals surface area contributed by atoms with Gasteiger partial charge in [0.25, 0.3) is 0 Å². The summed E-state index contributed by atoms with van der Waals surface area (Å²) in [7, 11) is -4.54. The fourth-order valence-corrected chi connectivity index (χ4v) is 3.32. The maximum absolute atomic E-state index is 14.0. The Kier molecular flexibility index (Phi) is 5.82. The average molecular weight is 373 g/mol. The maximum atomic E-state index is 14.0. The van der Waals surface area contributed by atoms with Crippen LogP contribution in [0.3, 0.4) is 0 Å². The number of sulfonamides is 1. The van der Waals surface area contributed by atoms with E-state index in [1.165, 1.54) is 13.8 Å². The maximum Gasteiger partial charge on any atom is 0.573 e. The summed E-state index contributed by atoms with van der Waals surface area (Å²) in [5, 5.41) is 8.62. The van der Waals surface area contributed by atoms with Gasteiger partial charge in [0, 0.05) is 12.0 Å². The number of aliphatic carboxylic acids is 1. The fraction of sp³-hybridized carbons (Fsp3) is 0.462. The van der Waals surface area contributed by atoms with Crippen LogP contribution in [-0.2, 0) is 14.8 Å². The lowest BCUT2D eigenvalue weighted by Crippen LogP contribution is -2.43. The number of halogens is 4. The monoisotopic (exact) mass is 373 g/mol. The van der Waals surface area contributed by atoms with Crippen LogP contribution >= 0.6 is 0 Å². The number of alkyl halides is 3. The zero-order chi connectivity index (χ0) is 18.8. The van der Waals surface area contributed by atoms with Gasteiger partial charge in [-0.1, -0.05) is 6.07 Å². The first-order chi connectivity index (χ1) is 10.7. The fourth-order valence-electron chi connectivity index (χ4n) is 1.79. The number of carboxylic acid groups (broad SMARTS) is 1. The minimum Gasteiger partial charge on any atom is -0.481 e. The van der Waals surface area contributed by atoms with Gasteiger partial charge in [-0.15, -0.1) is 13.2 Å². The molecule has 1 aromatic rings. The molecule has 0 aliphatic carbocycles. The van der Waals surface area contributed by atoms with E-state index < -0.39 is 44.4 Å². The Bertz CT molecular complexity index is 716. The van der Waals surface area contributed by atoms with E-state index in [0.717, 1.165) is 12.1 Å². The third-order valence-corrected chi connectivity index (χ3v) is 4.53. The van der Waals surface area contributed by atoms with Crippen molar-refractivity contribution in [2.24, 2.45) is 0 Å². The van der Waals surface area contributed by atoms with Gasteiger partial charge in [0.2, 0.25) is 10.0 Å². The molecule has 0 aliphatic heterocycles. The Morgan fingerprint density at radius 2 is 1.88 bits per heavy atom. The molecule has 0 radical (unpaired) electrons. The normalized spacial score (nSPS) is 12.9. The van der Waals surface area contributed by atoms with Crippen LogP contribution in [0.25, 0.3) is 0 Å². The lowest BCUT2D eigenvalue weighted by Gasteiger charge is -2.25. The summed E-state index contributed by atoms with van der Waals surface area (Å²) < 4.78 is 80.5. The third kappa shape index (κ3) is 5.96. The van der Waals surface area contributed by atoms with E-state index in [1.54, 1.807) is 0 Å². The first kappa shape index (κ1) is 20.2. The summed E-state index contributed by atoms with van der Waals surface area (Å²) in [6, 6.07) is 2.30. The van der Waals surface area contributed by atoms with Crippen LogP contribution in [0.15, 0.2) is 23.1 Å². The Labute approximate surface area is 135 Å². The molecule has 0 atom stereocenters. The van der Waals surface area contributed by atoms with Gasteiger partial charge < -0.3 is 9.84 Å². The predicted molar refractivity (Wildman–Crippen MR) is 74.4 cm³/mol. The van der Waals surface area contributed by atoms with Crippen molar-refractivity contribution in [3.05, 3.63) is 24.0 Å². The lowest BCUT2D eigenvalue weighted by molar-refractivity contribution is -0.275. The molecular formula is C13H15F4NO5S. The van der Waals surface area contributed by atoms with Gasteiger partial charge in [-0.05, 0) is 32.4 Å². The van der Waals surface area contributed by atoms with Gasteiger partial charge in [-0.25, -0.2) is 17.5 Å². The summed E-state index contributed by atoms with van der Waals surface area (Å²) in [5.74, 6) is -4.14. The Morgan fingerprint density at radius 1 is 1.29 bits per heavy atom. The molecule has 0 bridgehead atoms. The van der Waals surface area contributed by atoms with Crippen molar-refractivity contribution in [3.8, 4) is 5.75 Å². The summed E-state index contributed by atoms with van der Waals surface area (Å²) >= 11 is 0. The molecule has 0 saturated heterocycles. The Morgan fingerprint density at radius 3 is 2.38 bits per heavy atom. The molecule has 24 heavy (non-hydrogen) atoms. The number of hydrogen-bond acceptors (Lipinski definition) is 4. The zero-order valence-corrected chi connectivity index (χ0v) is 13.5. The highest BCUT2D eigenvalue weighted by Gasteiger charge is 2.35. The first-order valence-corrected chi connectivity index (χ1v) is 8.02. The van der Waals surface area contributed by atoms with E-state index in [1.807, 2.05) is 0 Å². The number of ether oxygens (including phenoxy) is 1. The van der Waals surface area contributed by atoms with E-state index >= 15 is 0 Å². The molecule has 0 aromatic heterocycles. The van der Waals surface area contributed by atoms with Gasteiger partial charge in [0.15, 0.2) is 11.6 Å². The van der Waals surface area contributed by atoms with Gasteiger partial charge in [-0.2, -0.15) is 0 Å². The predicted octanol–water partition coefficient (Wildman–Crippen LogP) is 2.65. The molecule has 0 fully saturated rings. The summed E-state index contributed by atoms with van der Waals surface area (Å²) in [6.07, 6.45) is -5.64. The second kappa shape index (κ2) is 6.93. The topological polar surface area (TPSA) is 92.7 Å². The summed E-state index contributed by atoms with van der Waals surface area (Å²) in [4.78, 5) is 9.52. The van der Waals surface area contributed by atoms with Crippen molar-refractivity contribution in [3.63, 3.8) is 0 Å². The van der Waals surface area contributed by atoms with Crippen molar-refractivity contribution in [1.29, 1.82) is 0 Å². The minimum absolute atomic E-state index is 0.109. The Balaban J connectivity index is 3.11. The molecule has 0 amide bonds. The Hall–Kier alpha value is -1.88. The van der Waals surface area contributed by atoms with E-state index in [0.29, 0.717) is 6.07 Å². The third-order valence-electron chi connectivity index (χ3n) is 2.82. The van der Waals surface area contributed by atoms with Crippen LogP contribution in [0.4, 0.5) is 17.6 Å². The van der Waals surface area contributed by atoms with Crippen LogP contribution in [0.2, 0.25) is 0 Å². The first-order valence-electron chi connectivity index (χ1n) is 6.53. The molecule has 0 spiro atoms. The zero-order valence-electron chi connectivity index (χ0n) is 12.6. The highest BCUT2D eigenvalue weighted by Crippen LogP contribution is 2.30. The highest BCUT2D eigenvalue weighted by molar-refractivity contribution is 7.89. The van der Waals surface area contributed by atoms with Gasteiger partial charge in [0.05, 0.1) is 0 Å². The number of hydrogen-bond donors (Lipinski definition) is 2. The van der Waals surface area contributed by atoms with Crippen LogP contribution in [0.1, 0.15) is 26.7 Å². The van der Waals surface area contributed by atoms with Crippen molar-refractivity contribution < 1.29 is 40.6 Å². The van der Waals surface area contributed by atoms with Crippen molar-refractivity contribution in [2.45, 2.75) is 43.5 Å². The van der Waals surface area contributed by atoms with Gasteiger partial charge in [0.1, 0.15) is 4.90 Å². The largest absolute Gasteiger partial charge is 0.573 e. The number of nitrogens with one attached hydrogen (secondary N) is 1. The highest BCUT2D eigenvalue weighted by atomic mass is 32.2. The number of benzene rings is 1. The number of carbonyl (C=O) groups is 1. The van der Waals surface area contributed by atoms with Crippen molar-refractivity contribution in [2.75, 3.05) is 0 Å². The van der Waals surface area contributed by atoms with Crippen molar-refractivity contribution >= 4 is 16.0 Å². The average Bonchev–Trinajstić information content (AvgIpc) is 2.36. The quantitative estimate of drug-likeness (QED) is 0.717. The SMILES string of the molecule is CC(C)(CCC(=O)O)NS(=O)(=O)c1cccc(OC(F)(F)F)c1F. The number of rotatable bonds is 7. The number of carboxylic acids is 1. The molecular weight excluding hydrogens is 358 g/mol. The van der Waals surface area contributed by atoms with E-state index in [9.17, 15) is 30.8 Å². The van der Waals surface area contributed by atoms with Crippen LogP contribution in [0, 0.1) is 5.82 Å². The van der Waals surface area contributed by atoms with Crippen LogP contribution in [-0.4, -0.2) is 31.4 Å². The molecule has 6 nitrogen and oxygen atoms in total. The van der Waals surface area contributed by atoms with Crippen LogP contribution in [0.5, 0.6) is 5.75 Å². The van der Waals surface area contributed by atoms with E-state index in [2.05, 4.69) is 9.46 Å². The van der Waals surface area contributed by atoms with E-state index in [4.69, 9.17) is 5.11 Å². The molecule has 11 heteroatoms. The second-order valence-electron chi connectivity index (χ2n) is 5.50. The smallest absolute Gasteiger partial charge is 0.481 e. The molecule has 0 saturated carbocycles.